The van der Waals surface area contributed by atoms with Crippen LogP contribution in [0.2, 0.25) is 0 Å². The highest BCUT2D eigenvalue weighted by atomic mass is 19.4. The van der Waals surface area contributed by atoms with Crippen molar-refractivity contribution in [1.82, 2.24) is 5.32 Å². The Morgan fingerprint density at radius 2 is 1.76 bits per heavy atom. The van der Waals surface area contributed by atoms with E-state index >= 15 is 0 Å². The molecule has 0 aromatic heterocycles. The second-order valence-corrected chi connectivity index (χ2v) is 5.44. The molecule has 0 fully saturated rings. The van der Waals surface area contributed by atoms with Crippen molar-refractivity contribution in [1.29, 1.82) is 0 Å². The fourth-order valence-corrected chi connectivity index (χ4v) is 2.52. The van der Waals surface area contributed by atoms with Gasteiger partial charge in [0.15, 0.2) is 0 Å². The first-order valence-corrected chi connectivity index (χ1v) is 7.89. The molecule has 0 amide bonds. The van der Waals surface area contributed by atoms with Crippen molar-refractivity contribution in [2.75, 3.05) is 6.54 Å². The van der Waals surface area contributed by atoms with Gasteiger partial charge in [0.2, 0.25) is 0 Å². The van der Waals surface area contributed by atoms with Crippen LogP contribution in [0.25, 0.3) is 0 Å². The van der Waals surface area contributed by atoms with Gasteiger partial charge in [-0.05, 0) is 30.7 Å². The normalized spacial score (nSPS) is 13.4. The molecule has 0 spiro atoms. The van der Waals surface area contributed by atoms with E-state index in [4.69, 9.17) is 0 Å². The van der Waals surface area contributed by atoms with Gasteiger partial charge < -0.3 is 5.32 Å². The van der Waals surface area contributed by atoms with Gasteiger partial charge in [0, 0.05) is 6.04 Å². The van der Waals surface area contributed by atoms with Crippen LogP contribution in [0.3, 0.4) is 0 Å². The molecule has 1 nitrogen and oxygen atoms in total. The molecule has 0 radical (unpaired) electrons. The fraction of sp³-hybridized carbons (Fsp3) is 0.647. The maximum absolute atomic E-state index is 12.8. The van der Waals surface area contributed by atoms with Crippen LogP contribution >= 0.6 is 0 Å². The van der Waals surface area contributed by atoms with Gasteiger partial charge in [-0.1, -0.05) is 58.1 Å². The lowest BCUT2D eigenvalue weighted by atomic mass is 9.98. The average Bonchev–Trinajstić information content (AvgIpc) is 2.45. The zero-order valence-corrected chi connectivity index (χ0v) is 13.0. The van der Waals surface area contributed by atoms with Crippen LogP contribution in [-0.4, -0.2) is 6.54 Å². The molecule has 0 bridgehead atoms. The average molecular weight is 301 g/mol. The van der Waals surface area contributed by atoms with Crippen LogP contribution < -0.4 is 5.32 Å². The summed E-state index contributed by atoms with van der Waals surface area (Å²) in [5.74, 6) is 0. The summed E-state index contributed by atoms with van der Waals surface area (Å²) < 4.78 is 38.4. The highest BCUT2D eigenvalue weighted by Crippen LogP contribution is 2.31. The van der Waals surface area contributed by atoms with Crippen LogP contribution in [-0.2, 0) is 6.18 Å². The Bertz CT molecular complexity index is 401. The van der Waals surface area contributed by atoms with Gasteiger partial charge in [-0.25, -0.2) is 0 Å². The molecule has 0 aliphatic carbocycles. The van der Waals surface area contributed by atoms with Crippen LogP contribution in [0.5, 0.6) is 0 Å². The van der Waals surface area contributed by atoms with Crippen molar-refractivity contribution < 1.29 is 13.2 Å². The van der Waals surface area contributed by atoms with Crippen molar-refractivity contribution in [3.63, 3.8) is 0 Å². The van der Waals surface area contributed by atoms with Crippen LogP contribution in [0.4, 0.5) is 13.2 Å². The molecule has 0 heterocycles. The predicted octanol–water partition coefficient (Wildman–Crippen LogP) is 5.72. The summed E-state index contributed by atoms with van der Waals surface area (Å²) in [6.45, 7) is 4.91. The number of benzene rings is 1. The molecule has 0 saturated heterocycles. The Hall–Kier alpha value is -1.03. The van der Waals surface area contributed by atoms with Crippen molar-refractivity contribution in [3.8, 4) is 0 Å². The van der Waals surface area contributed by atoms with Crippen LogP contribution in [0.1, 0.15) is 69.5 Å². The molecule has 4 heteroatoms. The number of alkyl halides is 3. The molecule has 1 N–H and O–H groups in total. The van der Waals surface area contributed by atoms with Gasteiger partial charge in [0.05, 0.1) is 5.56 Å². The van der Waals surface area contributed by atoms with E-state index < -0.39 is 11.7 Å². The molecule has 1 atom stereocenters. The van der Waals surface area contributed by atoms with E-state index in [9.17, 15) is 13.2 Å². The summed E-state index contributed by atoms with van der Waals surface area (Å²) in [5, 5.41) is 3.30. The van der Waals surface area contributed by atoms with Gasteiger partial charge in [-0.15, -0.1) is 0 Å². The molecule has 1 aromatic rings. The van der Waals surface area contributed by atoms with Gasteiger partial charge in [0.1, 0.15) is 0 Å². The summed E-state index contributed by atoms with van der Waals surface area (Å²) >= 11 is 0. The van der Waals surface area contributed by atoms with Crippen molar-refractivity contribution in [2.24, 2.45) is 0 Å². The Labute approximate surface area is 125 Å². The summed E-state index contributed by atoms with van der Waals surface area (Å²) in [6.07, 6.45) is 2.45. The standard InChI is InChI=1S/C17H26F3N/c1-3-5-6-7-8-12-16(21-4-2)14-10-9-11-15(13-14)17(18,19)20/h9-11,13,16,21H,3-8,12H2,1-2H3. The van der Waals surface area contributed by atoms with Gasteiger partial charge in [-0.2, -0.15) is 13.2 Å². The molecule has 0 saturated carbocycles. The van der Waals surface area contributed by atoms with E-state index in [1.54, 1.807) is 6.07 Å². The van der Waals surface area contributed by atoms with E-state index in [-0.39, 0.29) is 6.04 Å². The largest absolute Gasteiger partial charge is 0.416 e. The van der Waals surface area contributed by atoms with Crippen molar-refractivity contribution >= 4 is 0 Å². The summed E-state index contributed by atoms with van der Waals surface area (Å²) in [5.41, 5.74) is 0.177. The van der Waals surface area contributed by atoms with E-state index in [2.05, 4.69) is 12.2 Å². The SMILES string of the molecule is CCCCCCCC(NCC)c1cccc(C(F)(F)F)c1. The van der Waals surface area contributed by atoms with E-state index in [0.717, 1.165) is 37.4 Å². The number of hydrogen-bond donors (Lipinski definition) is 1. The van der Waals surface area contributed by atoms with Gasteiger partial charge in [-0.3, -0.25) is 0 Å². The third-order valence-corrected chi connectivity index (χ3v) is 3.66. The lowest BCUT2D eigenvalue weighted by molar-refractivity contribution is -0.137. The number of nitrogens with one attached hydrogen (secondary N) is 1. The minimum atomic E-state index is -4.27. The first-order valence-electron chi connectivity index (χ1n) is 7.89. The lowest BCUT2D eigenvalue weighted by Gasteiger charge is -2.19. The minimum absolute atomic E-state index is 0.0129. The molecule has 120 valence electrons. The molecule has 0 aliphatic rings. The quantitative estimate of drug-likeness (QED) is 0.575. The summed E-state index contributed by atoms with van der Waals surface area (Å²) in [7, 11) is 0. The Morgan fingerprint density at radius 1 is 1.05 bits per heavy atom. The molecule has 1 aromatic carbocycles. The smallest absolute Gasteiger partial charge is 0.310 e. The van der Waals surface area contributed by atoms with Gasteiger partial charge in [0.25, 0.3) is 0 Å². The highest BCUT2D eigenvalue weighted by Gasteiger charge is 2.30. The molecule has 0 aliphatic heterocycles. The monoisotopic (exact) mass is 301 g/mol. The van der Waals surface area contributed by atoms with Crippen molar-refractivity contribution in [3.05, 3.63) is 35.4 Å². The third-order valence-electron chi connectivity index (χ3n) is 3.66. The minimum Gasteiger partial charge on any atom is -0.310 e. The van der Waals surface area contributed by atoms with Gasteiger partial charge >= 0.3 is 6.18 Å². The number of rotatable bonds is 9. The number of halogens is 3. The Balaban J connectivity index is 2.67. The first-order chi connectivity index (χ1) is 9.99. The van der Waals surface area contributed by atoms with Crippen molar-refractivity contribution in [2.45, 2.75) is 64.6 Å². The Kier molecular flexibility index (Phi) is 7.79. The maximum Gasteiger partial charge on any atom is 0.416 e. The van der Waals surface area contributed by atoms with E-state index in [1.165, 1.54) is 31.4 Å². The topological polar surface area (TPSA) is 12.0 Å². The highest BCUT2D eigenvalue weighted by molar-refractivity contribution is 5.28. The third kappa shape index (κ3) is 6.51. The lowest BCUT2D eigenvalue weighted by Crippen LogP contribution is -2.21. The number of unbranched alkanes of at least 4 members (excludes halogenated alkanes) is 4. The van der Waals surface area contributed by atoms with Crippen LogP contribution in [0.15, 0.2) is 24.3 Å². The van der Waals surface area contributed by atoms with E-state index in [1.807, 2.05) is 6.92 Å². The first kappa shape index (κ1) is 18.0. The second-order valence-electron chi connectivity index (χ2n) is 5.44. The molecular formula is C17H26F3N. The van der Waals surface area contributed by atoms with Crippen LogP contribution in [0, 0.1) is 0 Å². The zero-order chi connectivity index (χ0) is 15.7. The maximum atomic E-state index is 12.8. The predicted molar refractivity (Wildman–Crippen MR) is 81.2 cm³/mol. The Morgan fingerprint density at radius 3 is 2.38 bits per heavy atom. The second kappa shape index (κ2) is 9.08. The zero-order valence-electron chi connectivity index (χ0n) is 13.0. The molecule has 1 unspecified atom stereocenters. The summed E-state index contributed by atoms with van der Waals surface area (Å²) in [4.78, 5) is 0. The molecule has 21 heavy (non-hydrogen) atoms. The fourth-order valence-electron chi connectivity index (χ4n) is 2.52. The molecular weight excluding hydrogens is 275 g/mol. The summed E-state index contributed by atoms with van der Waals surface area (Å²) in [6, 6.07) is 5.71. The van der Waals surface area contributed by atoms with E-state index in [0.29, 0.717) is 0 Å². The molecule has 1 rings (SSSR count). The number of hydrogen-bond acceptors (Lipinski definition) is 1.